The zero-order valence-corrected chi connectivity index (χ0v) is 9.85. The molecule has 0 unspecified atom stereocenters. The predicted octanol–water partition coefficient (Wildman–Crippen LogP) is 1.51. The number of rotatable bonds is 2. The molecule has 0 aliphatic heterocycles. The van der Waals surface area contributed by atoms with Crippen molar-refractivity contribution >= 4 is 17.0 Å². The molecule has 6 heteroatoms. The van der Waals surface area contributed by atoms with E-state index in [1.807, 2.05) is 32.4 Å². The van der Waals surface area contributed by atoms with E-state index < -0.39 is 0 Å². The lowest BCUT2D eigenvalue weighted by Gasteiger charge is -2.19. The van der Waals surface area contributed by atoms with Crippen molar-refractivity contribution < 1.29 is 4.84 Å². The molecule has 0 amide bonds. The fourth-order valence-electron chi connectivity index (χ4n) is 1.22. The Morgan fingerprint density at radius 3 is 2.69 bits per heavy atom. The minimum absolute atomic E-state index is 0.286. The van der Waals surface area contributed by atoms with Crippen LogP contribution in [0.1, 0.15) is 20.8 Å². The van der Waals surface area contributed by atoms with E-state index in [-0.39, 0.29) is 5.60 Å². The Morgan fingerprint density at radius 1 is 1.25 bits per heavy atom. The van der Waals surface area contributed by atoms with Crippen molar-refractivity contribution in [3.63, 3.8) is 0 Å². The van der Waals surface area contributed by atoms with E-state index in [0.29, 0.717) is 11.3 Å². The Hall–Kier alpha value is -1.69. The minimum atomic E-state index is -0.286. The van der Waals surface area contributed by atoms with E-state index in [0.717, 1.165) is 5.65 Å². The highest BCUT2D eigenvalue weighted by molar-refractivity contribution is 5.81. The largest absolute Gasteiger partial charge is 0.318 e. The maximum Gasteiger partial charge on any atom is 0.181 e. The van der Waals surface area contributed by atoms with Crippen LogP contribution in [0.5, 0.6) is 0 Å². The van der Waals surface area contributed by atoms with Gasteiger partial charge >= 0.3 is 0 Å². The van der Waals surface area contributed by atoms with E-state index in [1.54, 1.807) is 6.33 Å². The Bertz CT molecular complexity index is 499. The molecule has 6 nitrogen and oxygen atoms in total. The van der Waals surface area contributed by atoms with Gasteiger partial charge in [-0.05, 0) is 20.8 Å². The van der Waals surface area contributed by atoms with Gasteiger partial charge in [0.25, 0.3) is 0 Å². The van der Waals surface area contributed by atoms with Gasteiger partial charge in [-0.15, -0.1) is 0 Å². The van der Waals surface area contributed by atoms with Crippen molar-refractivity contribution in [3.8, 4) is 0 Å². The van der Waals surface area contributed by atoms with Crippen LogP contribution in [0.15, 0.2) is 12.7 Å². The summed E-state index contributed by atoms with van der Waals surface area (Å²) in [5.41, 5.74) is 4.00. The van der Waals surface area contributed by atoms with E-state index in [4.69, 9.17) is 4.84 Å². The van der Waals surface area contributed by atoms with Crippen LogP contribution in [-0.4, -0.2) is 25.1 Å². The van der Waals surface area contributed by atoms with Gasteiger partial charge in [-0.3, -0.25) is 4.84 Å². The third-order valence-electron chi connectivity index (χ3n) is 1.95. The van der Waals surface area contributed by atoms with Crippen LogP contribution < -0.4 is 5.48 Å². The van der Waals surface area contributed by atoms with Crippen LogP contribution in [0, 0.1) is 0 Å². The zero-order chi connectivity index (χ0) is 11.8. The molecule has 2 aromatic heterocycles. The molecule has 2 heterocycles. The second-order valence-electron chi connectivity index (χ2n) is 4.57. The number of nitrogens with zero attached hydrogens (tertiary/aromatic N) is 4. The maximum absolute atomic E-state index is 5.44. The second kappa shape index (κ2) is 3.71. The highest BCUT2D eigenvalue weighted by Gasteiger charge is 2.13. The number of hydrogen-bond acceptors (Lipinski definition) is 5. The van der Waals surface area contributed by atoms with Crippen molar-refractivity contribution in [2.45, 2.75) is 26.4 Å². The van der Waals surface area contributed by atoms with Crippen molar-refractivity contribution in [3.05, 3.63) is 12.7 Å². The number of imidazole rings is 1. The first-order valence-electron chi connectivity index (χ1n) is 5.03. The molecule has 0 saturated carbocycles. The number of aryl methyl sites for hydroxylation is 1. The van der Waals surface area contributed by atoms with E-state index in [1.165, 1.54) is 6.33 Å². The summed E-state index contributed by atoms with van der Waals surface area (Å²) in [5.74, 6) is 0.584. The Kier molecular flexibility index (Phi) is 2.51. The second-order valence-corrected chi connectivity index (χ2v) is 4.57. The lowest BCUT2D eigenvalue weighted by atomic mass is 10.2. The van der Waals surface area contributed by atoms with Crippen LogP contribution in [-0.2, 0) is 11.9 Å². The highest BCUT2D eigenvalue weighted by atomic mass is 16.7. The smallest absolute Gasteiger partial charge is 0.181 e. The lowest BCUT2D eigenvalue weighted by Crippen LogP contribution is -2.23. The first-order chi connectivity index (χ1) is 7.47. The maximum atomic E-state index is 5.44. The molecule has 0 bridgehead atoms. The molecule has 2 rings (SSSR count). The normalized spacial score (nSPS) is 12.0. The predicted molar refractivity (Wildman–Crippen MR) is 60.8 cm³/mol. The molecule has 0 aliphatic rings. The van der Waals surface area contributed by atoms with Crippen LogP contribution in [0.25, 0.3) is 11.2 Å². The summed E-state index contributed by atoms with van der Waals surface area (Å²) < 4.78 is 1.83. The fraction of sp³-hybridized carbons (Fsp3) is 0.500. The average molecular weight is 221 g/mol. The third kappa shape index (κ3) is 2.11. The van der Waals surface area contributed by atoms with Gasteiger partial charge < -0.3 is 4.57 Å². The van der Waals surface area contributed by atoms with Crippen LogP contribution in [0.3, 0.4) is 0 Å². The number of fused-ring (bicyclic) bond motifs is 1. The molecule has 0 radical (unpaired) electrons. The lowest BCUT2D eigenvalue weighted by molar-refractivity contribution is 0.0369. The van der Waals surface area contributed by atoms with E-state index >= 15 is 0 Å². The van der Waals surface area contributed by atoms with Crippen molar-refractivity contribution in [2.24, 2.45) is 7.05 Å². The van der Waals surface area contributed by atoms with Gasteiger partial charge in [-0.1, -0.05) is 0 Å². The Morgan fingerprint density at radius 2 is 2.00 bits per heavy atom. The Labute approximate surface area is 93.6 Å². The average Bonchev–Trinajstić information content (AvgIpc) is 2.57. The van der Waals surface area contributed by atoms with Gasteiger partial charge in [0.2, 0.25) is 0 Å². The topological polar surface area (TPSA) is 64.9 Å². The van der Waals surface area contributed by atoms with Gasteiger partial charge in [0, 0.05) is 7.05 Å². The minimum Gasteiger partial charge on any atom is -0.318 e. The molecule has 0 fully saturated rings. The SMILES string of the molecule is Cn1cnc2c(NOC(C)(C)C)ncnc21. The molecule has 86 valence electrons. The summed E-state index contributed by atoms with van der Waals surface area (Å²) in [4.78, 5) is 17.9. The zero-order valence-electron chi connectivity index (χ0n) is 9.85. The van der Waals surface area contributed by atoms with Crippen molar-refractivity contribution in [1.82, 2.24) is 19.5 Å². The quantitative estimate of drug-likeness (QED) is 0.778. The van der Waals surface area contributed by atoms with Crippen molar-refractivity contribution in [2.75, 3.05) is 5.48 Å². The molecular weight excluding hydrogens is 206 g/mol. The summed E-state index contributed by atoms with van der Waals surface area (Å²) in [7, 11) is 1.89. The first kappa shape index (κ1) is 10.8. The van der Waals surface area contributed by atoms with Crippen LogP contribution >= 0.6 is 0 Å². The fourth-order valence-corrected chi connectivity index (χ4v) is 1.22. The summed E-state index contributed by atoms with van der Waals surface area (Å²) in [5, 5.41) is 0. The van der Waals surface area contributed by atoms with Crippen LogP contribution in [0.2, 0.25) is 0 Å². The van der Waals surface area contributed by atoms with Crippen molar-refractivity contribution in [1.29, 1.82) is 0 Å². The highest BCUT2D eigenvalue weighted by Crippen LogP contribution is 2.18. The van der Waals surface area contributed by atoms with Gasteiger partial charge in [-0.25, -0.2) is 20.4 Å². The molecule has 0 aromatic carbocycles. The number of hydrogen-bond donors (Lipinski definition) is 1. The van der Waals surface area contributed by atoms with Crippen LogP contribution in [0.4, 0.5) is 5.82 Å². The first-order valence-corrected chi connectivity index (χ1v) is 5.03. The summed E-state index contributed by atoms with van der Waals surface area (Å²) in [6, 6.07) is 0. The molecule has 1 N–H and O–H groups in total. The van der Waals surface area contributed by atoms with Gasteiger partial charge in [0.05, 0.1) is 11.9 Å². The van der Waals surface area contributed by atoms with E-state index in [2.05, 4.69) is 20.4 Å². The molecule has 2 aromatic rings. The summed E-state index contributed by atoms with van der Waals surface area (Å²) in [6.07, 6.45) is 3.18. The molecule has 0 spiro atoms. The molecule has 0 aliphatic carbocycles. The van der Waals surface area contributed by atoms with Gasteiger partial charge in [0.1, 0.15) is 6.33 Å². The summed E-state index contributed by atoms with van der Waals surface area (Å²) >= 11 is 0. The molecule has 0 atom stereocenters. The molecule has 0 saturated heterocycles. The standard InChI is InChI=1S/C10H15N5O/c1-10(2,3)16-14-8-7-9(12-5-11-8)15(4)6-13-7/h5-6H,1-4H3,(H,11,12,14). The molecule has 16 heavy (non-hydrogen) atoms. The summed E-state index contributed by atoms with van der Waals surface area (Å²) in [6.45, 7) is 5.87. The number of aromatic nitrogens is 4. The third-order valence-corrected chi connectivity index (χ3v) is 1.95. The Balaban J connectivity index is 2.31. The monoisotopic (exact) mass is 221 g/mol. The van der Waals surface area contributed by atoms with Gasteiger partial charge in [0.15, 0.2) is 17.0 Å². The van der Waals surface area contributed by atoms with Gasteiger partial charge in [-0.2, -0.15) is 0 Å². The number of anilines is 1. The molecular formula is C10H15N5O. The number of nitrogens with one attached hydrogen (secondary N) is 1. The van der Waals surface area contributed by atoms with E-state index in [9.17, 15) is 0 Å².